The van der Waals surface area contributed by atoms with Crippen molar-refractivity contribution in [2.75, 3.05) is 34.9 Å². The lowest BCUT2D eigenvalue weighted by atomic mass is 10.1. The van der Waals surface area contributed by atoms with Crippen LogP contribution in [0.1, 0.15) is 17.2 Å². The molecule has 0 saturated carbocycles. The Hall–Kier alpha value is -2.07. The van der Waals surface area contributed by atoms with Gasteiger partial charge in [0.15, 0.2) is 17.5 Å². The summed E-state index contributed by atoms with van der Waals surface area (Å²) in [6.45, 7) is 1.06. The van der Waals surface area contributed by atoms with E-state index in [1.165, 1.54) is 12.1 Å². The van der Waals surface area contributed by atoms with E-state index in [4.69, 9.17) is 14.2 Å². The Morgan fingerprint density at radius 1 is 1.00 bits per heavy atom. The number of aliphatic imine (C=N–C) groups is 1. The molecule has 6 nitrogen and oxygen atoms in total. The van der Waals surface area contributed by atoms with Crippen molar-refractivity contribution in [1.29, 1.82) is 0 Å². The van der Waals surface area contributed by atoms with Crippen molar-refractivity contribution in [3.05, 3.63) is 59.4 Å². The zero-order valence-electron chi connectivity index (χ0n) is 16.5. The summed E-state index contributed by atoms with van der Waals surface area (Å²) in [7, 11) is 6.53. The molecule has 0 aliphatic heterocycles. The van der Waals surface area contributed by atoms with Gasteiger partial charge in [0.1, 0.15) is 5.82 Å². The van der Waals surface area contributed by atoms with Gasteiger partial charge in [0, 0.05) is 27.2 Å². The average Bonchev–Trinajstić information content (AvgIpc) is 2.71. The van der Waals surface area contributed by atoms with Gasteiger partial charge >= 0.3 is 0 Å². The molecule has 0 fully saturated rings. The minimum absolute atomic E-state index is 0. The molecule has 0 amide bonds. The van der Waals surface area contributed by atoms with Gasteiger partial charge in [-0.05, 0) is 35.4 Å². The second kappa shape index (κ2) is 12.4. The van der Waals surface area contributed by atoms with Crippen molar-refractivity contribution in [2.24, 2.45) is 4.99 Å². The van der Waals surface area contributed by atoms with Crippen LogP contribution in [0, 0.1) is 5.82 Å². The van der Waals surface area contributed by atoms with Gasteiger partial charge < -0.3 is 24.8 Å². The lowest BCUT2D eigenvalue weighted by Gasteiger charge is -2.19. The Morgan fingerprint density at radius 3 is 2.25 bits per heavy atom. The molecular weight excluding hydrogens is 476 g/mol. The average molecular weight is 503 g/mol. The number of ether oxygens (including phenoxy) is 3. The van der Waals surface area contributed by atoms with Crippen molar-refractivity contribution in [2.45, 2.75) is 12.6 Å². The lowest BCUT2D eigenvalue weighted by molar-refractivity contribution is 0.106. The Balaban J connectivity index is 0.00000392. The number of methoxy groups -OCH3 is 3. The molecular formula is C20H27FIN3O3. The largest absolute Gasteiger partial charge is 0.493 e. The SMILES string of the molecule is CN=C(NCc1ccc(OC)c(OC)c1)NCC(OC)c1ccc(F)cc1.I. The fourth-order valence-corrected chi connectivity index (χ4v) is 2.60. The number of nitrogens with one attached hydrogen (secondary N) is 2. The van der Waals surface area contributed by atoms with Gasteiger partial charge in [0.05, 0.1) is 20.3 Å². The molecule has 8 heteroatoms. The normalized spacial score (nSPS) is 12.0. The van der Waals surface area contributed by atoms with Crippen LogP contribution in [-0.2, 0) is 11.3 Å². The van der Waals surface area contributed by atoms with Crippen LogP contribution in [0.3, 0.4) is 0 Å². The third-order valence-electron chi connectivity index (χ3n) is 4.11. The predicted octanol–water partition coefficient (Wildman–Crippen LogP) is 3.51. The molecule has 0 aromatic heterocycles. The Labute approximate surface area is 182 Å². The van der Waals surface area contributed by atoms with E-state index in [-0.39, 0.29) is 35.9 Å². The second-order valence-corrected chi connectivity index (χ2v) is 5.77. The highest BCUT2D eigenvalue weighted by molar-refractivity contribution is 14.0. The third-order valence-corrected chi connectivity index (χ3v) is 4.11. The molecule has 0 aliphatic rings. The van der Waals surface area contributed by atoms with E-state index in [0.29, 0.717) is 30.5 Å². The molecule has 2 aromatic carbocycles. The Morgan fingerprint density at radius 2 is 1.68 bits per heavy atom. The Kier molecular flexibility index (Phi) is 10.6. The molecule has 1 atom stereocenters. The van der Waals surface area contributed by atoms with Crippen molar-refractivity contribution in [3.63, 3.8) is 0 Å². The minimum Gasteiger partial charge on any atom is -0.493 e. The summed E-state index contributed by atoms with van der Waals surface area (Å²) in [4.78, 5) is 4.22. The molecule has 0 bridgehead atoms. The number of hydrogen-bond acceptors (Lipinski definition) is 4. The molecule has 154 valence electrons. The van der Waals surface area contributed by atoms with Crippen LogP contribution < -0.4 is 20.1 Å². The first-order chi connectivity index (χ1) is 13.1. The van der Waals surface area contributed by atoms with Crippen molar-refractivity contribution >= 4 is 29.9 Å². The molecule has 0 aliphatic carbocycles. The highest BCUT2D eigenvalue weighted by Gasteiger charge is 2.12. The van der Waals surface area contributed by atoms with Gasteiger partial charge in [-0.3, -0.25) is 4.99 Å². The first-order valence-corrected chi connectivity index (χ1v) is 8.55. The van der Waals surface area contributed by atoms with Crippen molar-refractivity contribution in [1.82, 2.24) is 10.6 Å². The summed E-state index contributed by atoms with van der Waals surface area (Å²) in [5.41, 5.74) is 1.92. The maximum atomic E-state index is 13.1. The number of nitrogens with zero attached hydrogens (tertiary/aromatic N) is 1. The summed E-state index contributed by atoms with van der Waals surface area (Å²) in [6, 6.07) is 12.0. The topological polar surface area (TPSA) is 64.1 Å². The van der Waals surface area contributed by atoms with E-state index in [2.05, 4.69) is 15.6 Å². The number of halogens is 2. The number of rotatable bonds is 8. The first kappa shape index (κ1) is 24.0. The van der Waals surface area contributed by atoms with Crippen LogP contribution in [-0.4, -0.2) is 40.9 Å². The van der Waals surface area contributed by atoms with E-state index in [1.54, 1.807) is 40.5 Å². The minimum atomic E-state index is -0.269. The number of hydrogen-bond donors (Lipinski definition) is 2. The maximum Gasteiger partial charge on any atom is 0.191 e. The molecule has 0 radical (unpaired) electrons. The third kappa shape index (κ3) is 6.83. The first-order valence-electron chi connectivity index (χ1n) is 8.55. The van der Waals surface area contributed by atoms with Crippen LogP contribution in [0.25, 0.3) is 0 Å². The van der Waals surface area contributed by atoms with Gasteiger partial charge in [-0.2, -0.15) is 0 Å². The van der Waals surface area contributed by atoms with Crippen LogP contribution in [0.4, 0.5) is 4.39 Å². The fourth-order valence-electron chi connectivity index (χ4n) is 2.60. The standard InChI is InChI=1S/C20H26FN3O3.HI/c1-22-20(23-12-14-5-10-17(25-2)18(11-14)26-3)24-13-19(27-4)15-6-8-16(21)9-7-15;/h5-11,19H,12-13H2,1-4H3,(H2,22,23,24);1H. The van der Waals surface area contributed by atoms with Gasteiger partial charge in [0.25, 0.3) is 0 Å². The second-order valence-electron chi connectivity index (χ2n) is 5.77. The molecule has 2 rings (SSSR count). The molecule has 2 N–H and O–H groups in total. The number of benzene rings is 2. The highest BCUT2D eigenvalue weighted by Crippen LogP contribution is 2.27. The van der Waals surface area contributed by atoms with Gasteiger partial charge in [0.2, 0.25) is 0 Å². The molecule has 1 unspecified atom stereocenters. The quantitative estimate of drug-likeness (QED) is 0.328. The molecule has 0 spiro atoms. The zero-order chi connectivity index (χ0) is 19.6. The zero-order valence-corrected chi connectivity index (χ0v) is 18.8. The summed E-state index contributed by atoms with van der Waals surface area (Å²) in [5, 5.41) is 6.46. The Bertz CT molecular complexity index is 757. The summed E-state index contributed by atoms with van der Waals surface area (Å²) < 4.78 is 29.1. The molecule has 0 saturated heterocycles. The van der Waals surface area contributed by atoms with Crippen LogP contribution >= 0.6 is 24.0 Å². The lowest BCUT2D eigenvalue weighted by Crippen LogP contribution is -2.39. The van der Waals surface area contributed by atoms with E-state index in [0.717, 1.165) is 11.1 Å². The van der Waals surface area contributed by atoms with Crippen molar-refractivity contribution < 1.29 is 18.6 Å². The number of guanidine groups is 1. The summed E-state index contributed by atoms with van der Waals surface area (Å²) in [6.07, 6.45) is -0.217. The van der Waals surface area contributed by atoms with E-state index in [1.807, 2.05) is 18.2 Å². The summed E-state index contributed by atoms with van der Waals surface area (Å²) in [5.74, 6) is 1.73. The predicted molar refractivity (Wildman–Crippen MR) is 119 cm³/mol. The molecule has 0 heterocycles. The van der Waals surface area contributed by atoms with E-state index >= 15 is 0 Å². The van der Waals surface area contributed by atoms with E-state index in [9.17, 15) is 4.39 Å². The van der Waals surface area contributed by atoms with Gasteiger partial charge in [-0.25, -0.2) is 4.39 Å². The monoisotopic (exact) mass is 503 g/mol. The highest BCUT2D eigenvalue weighted by atomic mass is 127. The van der Waals surface area contributed by atoms with Crippen LogP contribution in [0.15, 0.2) is 47.5 Å². The smallest absolute Gasteiger partial charge is 0.191 e. The fraction of sp³-hybridized carbons (Fsp3) is 0.350. The van der Waals surface area contributed by atoms with Crippen molar-refractivity contribution in [3.8, 4) is 11.5 Å². The maximum absolute atomic E-state index is 13.1. The van der Waals surface area contributed by atoms with E-state index < -0.39 is 0 Å². The molecule has 28 heavy (non-hydrogen) atoms. The molecule has 2 aromatic rings. The van der Waals surface area contributed by atoms with Crippen LogP contribution in [0.2, 0.25) is 0 Å². The van der Waals surface area contributed by atoms with Gasteiger partial charge in [-0.15, -0.1) is 24.0 Å². The summed E-state index contributed by atoms with van der Waals surface area (Å²) >= 11 is 0. The van der Waals surface area contributed by atoms with Gasteiger partial charge in [-0.1, -0.05) is 18.2 Å². The van der Waals surface area contributed by atoms with Crippen LogP contribution in [0.5, 0.6) is 11.5 Å².